The zero-order valence-corrected chi connectivity index (χ0v) is 13.4. The lowest BCUT2D eigenvalue weighted by atomic mass is 10.0. The van der Waals surface area contributed by atoms with Gasteiger partial charge in [0.1, 0.15) is 11.4 Å². The molecule has 1 aromatic carbocycles. The van der Waals surface area contributed by atoms with E-state index in [1.165, 1.54) is 12.1 Å². The topological polar surface area (TPSA) is 32.8 Å². The smallest absolute Gasteiger partial charge is 0.410 e. The lowest BCUT2D eigenvalue weighted by Gasteiger charge is -2.26. The number of carbonyl (C=O) groups is 1. The van der Waals surface area contributed by atoms with E-state index in [0.717, 1.165) is 31.9 Å². The summed E-state index contributed by atoms with van der Waals surface area (Å²) in [5.41, 5.74) is 0.606. The van der Waals surface area contributed by atoms with Gasteiger partial charge >= 0.3 is 6.09 Å². The van der Waals surface area contributed by atoms with E-state index in [9.17, 15) is 9.18 Å². The Hall–Kier alpha value is -1.78. The normalized spacial score (nSPS) is 24.5. The van der Waals surface area contributed by atoms with Crippen LogP contribution in [0.25, 0.3) is 0 Å². The Morgan fingerprint density at radius 3 is 2.14 bits per heavy atom. The zero-order chi connectivity index (χ0) is 15.9. The van der Waals surface area contributed by atoms with Crippen LogP contribution in [0.2, 0.25) is 0 Å². The van der Waals surface area contributed by atoms with E-state index >= 15 is 0 Å². The van der Waals surface area contributed by atoms with Gasteiger partial charge in [-0.1, -0.05) is 0 Å². The number of hydrogen-bond donors (Lipinski definition) is 0. The lowest BCUT2D eigenvalue weighted by molar-refractivity contribution is 0.0282. The Morgan fingerprint density at radius 2 is 1.64 bits per heavy atom. The average Bonchev–Trinajstić information content (AvgIpc) is 2.95. The second-order valence-corrected chi connectivity index (χ2v) is 7.29. The van der Waals surface area contributed by atoms with Crippen molar-refractivity contribution < 1.29 is 13.9 Å². The van der Waals surface area contributed by atoms with Crippen LogP contribution in [-0.4, -0.2) is 42.8 Å². The number of likely N-dealkylation sites (tertiary alicyclic amines) is 1. The van der Waals surface area contributed by atoms with Crippen LogP contribution in [0.1, 0.15) is 20.8 Å². The molecule has 2 saturated heterocycles. The number of anilines is 1. The van der Waals surface area contributed by atoms with E-state index in [2.05, 4.69) is 4.90 Å². The first kappa shape index (κ1) is 15.1. The number of benzene rings is 1. The summed E-state index contributed by atoms with van der Waals surface area (Å²) in [5.74, 6) is 0.731. The van der Waals surface area contributed by atoms with Gasteiger partial charge in [-0.15, -0.1) is 0 Å². The number of nitrogens with zero attached hydrogens (tertiary/aromatic N) is 2. The molecule has 22 heavy (non-hydrogen) atoms. The number of hydrogen-bond acceptors (Lipinski definition) is 3. The Morgan fingerprint density at radius 1 is 1.09 bits per heavy atom. The van der Waals surface area contributed by atoms with Gasteiger partial charge in [-0.3, -0.25) is 0 Å². The molecule has 4 nitrogen and oxygen atoms in total. The minimum absolute atomic E-state index is 0.209. The van der Waals surface area contributed by atoms with E-state index < -0.39 is 5.60 Å². The minimum Gasteiger partial charge on any atom is -0.444 e. The fourth-order valence-corrected chi connectivity index (χ4v) is 3.33. The van der Waals surface area contributed by atoms with Crippen molar-refractivity contribution in [3.05, 3.63) is 30.1 Å². The number of rotatable bonds is 1. The number of carbonyl (C=O) groups excluding carboxylic acids is 1. The second kappa shape index (κ2) is 5.45. The Labute approximate surface area is 130 Å². The molecule has 2 aliphatic rings. The van der Waals surface area contributed by atoms with Crippen molar-refractivity contribution in [1.29, 1.82) is 0 Å². The molecule has 2 fully saturated rings. The van der Waals surface area contributed by atoms with E-state index in [1.54, 1.807) is 0 Å². The highest BCUT2D eigenvalue weighted by molar-refractivity contribution is 5.68. The molecule has 1 amide bonds. The van der Waals surface area contributed by atoms with Crippen LogP contribution >= 0.6 is 0 Å². The summed E-state index contributed by atoms with van der Waals surface area (Å²) in [4.78, 5) is 16.2. The quantitative estimate of drug-likeness (QED) is 0.799. The van der Waals surface area contributed by atoms with Crippen LogP contribution in [-0.2, 0) is 4.74 Å². The van der Waals surface area contributed by atoms with Crippen molar-refractivity contribution in [2.75, 3.05) is 31.1 Å². The van der Waals surface area contributed by atoms with E-state index in [1.807, 2.05) is 37.8 Å². The first-order valence-electron chi connectivity index (χ1n) is 7.80. The molecular formula is C17H23FN2O2. The fraction of sp³-hybridized carbons (Fsp3) is 0.588. The zero-order valence-electron chi connectivity index (χ0n) is 13.4. The largest absolute Gasteiger partial charge is 0.444 e. The monoisotopic (exact) mass is 306 g/mol. The summed E-state index contributed by atoms with van der Waals surface area (Å²) in [6.07, 6.45) is -0.213. The van der Waals surface area contributed by atoms with Gasteiger partial charge < -0.3 is 14.5 Å². The van der Waals surface area contributed by atoms with Crippen LogP contribution in [0.15, 0.2) is 24.3 Å². The van der Waals surface area contributed by atoms with Crippen molar-refractivity contribution in [2.45, 2.75) is 26.4 Å². The van der Waals surface area contributed by atoms with E-state index in [0.29, 0.717) is 11.8 Å². The van der Waals surface area contributed by atoms with Gasteiger partial charge in [-0.25, -0.2) is 9.18 Å². The molecule has 0 spiro atoms. The van der Waals surface area contributed by atoms with Crippen molar-refractivity contribution in [2.24, 2.45) is 11.8 Å². The Balaban J connectivity index is 1.58. The second-order valence-electron chi connectivity index (χ2n) is 7.29. The summed E-state index contributed by atoms with van der Waals surface area (Å²) in [6, 6.07) is 6.64. The molecule has 3 rings (SSSR count). The summed E-state index contributed by atoms with van der Waals surface area (Å²) in [7, 11) is 0. The molecule has 0 aliphatic carbocycles. The van der Waals surface area contributed by atoms with E-state index in [4.69, 9.17) is 4.74 Å². The van der Waals surface area contributed by atoms with Crippen LogP contribution in [0.3, 0.4) is 0 Å². The summed E-state index contributed by atoms with van der Waals surface area (Å²) in [5, 5.41) is 0. The van der Waals surface area contributed by atoms with Crippen LogP contribution in [0.5, 0.6) is 0 Å². The predicted molar refractivity (Wildman–Crippen MR) is 83.4 cm³/mol. The number of amides is 1. The van der Waals surface area contributed by atoms with Crippen LogP contribution in [0, 0.1) is 17.7 Å². The number of halogens is 1. The van der Waals surface area contributed by atoms with E-state index in [-0.39, 0.29) is 11.9 Å². The molecule has 2 atom stereocenters. The van der Waals surface area contributed by atoms with Gasteiger partial charge in [0.15, 0.2) is 0 Å². The van der Waals surface area contributed by atoms with Crippen molar-refractivity contribution >= 4 is 11.8 Å². The summed E-state index contributed by atoms with van der Waals surface area (Å²) >= 11 is 0. The molecule has 2 aliphatic heterocycles. The van der Waals surface area contributed by atoms with Gasteiger partial charge in [-0.05, 0) is 45.0 Å². The predicted octanol–water partition coefficient (Wildman–Crippen LogP) is 3.13. The molecular weight excluding hydrogens is 283 g/mol. The third-order valence-corrected chi connectivity index (χ3v) is 4.33. The van der Waals surface area contributed by atoms with Gasteiger partial charge in [0.25, 0.3) is 0 Å². The highest BCUT2D eigenvalue weighted by Crippen LogP contribution is 2.34. The van der Waals surface area contributed by atoms with Gasteiger partial charge in [0, 0.05) is 43.7 Å². The van der Waals surface area contributed by atoms with Crippen molar-refractivity contribution in [3.8, 4) is 0 Å². The Bertz CT molecular complexity index is 539. The lowest BCUT2D eigenvalue weighted by Crippen LogP contribution is -2.37. The molecule has 0 N–H and O–H groups in total. The van der Waals surface area contributed by atoms with Gasteiger partial charge in [0.2, 0.25) is 0 Å². The molecule has 0 radical (unpaired) electrons. The van der Waals surface area contributed by atoms with Crippen molar-refractivity contribution in [3.63, 3.8) is 0 Å². The molecule has 0 saturated carbocycles. The first-order valence-corrected chi connectivity index (χ1v) is 7.80. The maximum Gasteiger partial charge on any atom is 0.410 e. The maximum atomic E-state index is 13.0. The third kappa shape index (κ3) is 3.18. The van der Waals surface area contributed by atoms with Crippen LogP contribution < -0.4 is 4.90 Å². The molecule has 2 heterocycles. The maximum absolute atomic E-state index is 13.0. The third-order valence-electron chi connectivity index (χ3n) is 4.33. The summed E-state index contributed by atoms with van der Waals surface area (Å²) < 4.78 is 18.4. The average molecular weight is 306 g/mol. The highest BCUT2D eigenvalue weighted by atomic mass is 19.1. The highest BCUT2D eigenvalue weighted by Gasteiger charge is 2.42. The van der Waals surface area contributed by atoms with Crippen LogP contribution in [0.4, 0.5) is 14.9 Å². The Kier molecular flexibility index (Phi) is 3.75. The number of ether oxygens (including phenoxy) is 1. The first-order chi connectivity index (χ1) is 10.3. The molecule has 5 heteroatoms. The summed E-state index contributed by atoms with van der Waals surface area (Å²) in [6.45, 7) is 8.98. The molecule has 0 unspecified atom stereocenters. The number of fused-ring (bicyclic) bond motifs is 1. The SMILES string of the molecule is CC(C)(C)OC(=O)N1C[C@@H]2CN(c3ccc(F)cc3)C[C@@H]2C1. The molecule has 0 bridgehead atoms. The molecule has 1 aromatic rings. The molecule has 0 aromatic heterocycles. The molecule has 120 valence electrons. The fourth-order valence-electron chi connectivity index (χ4n) is 3.33. The van der Waals surface area contributed by atoms with Gasteiger partial charge in [-0.2, -0.15) is 0 Å². The minimum atomic E-state index is -0.449. The standard InChI is InChI=1S/C17H23FN2O2/c1-17(2,3)22-16(21)20-10-12-8-19(9-13(12)11-20)15-6-4-14(18)5-7-15/h4-7,12-13H,8-11H2,1-3H3/t12-,13+. The van der Waals surface area contributed by atoms with Gasteiger partial charge in [0.05, 0.1) is 0 Å². The van der Waals surface area contributed by atoms with Crippen molar-refractivity contribution in [1.82, 2.24) is 4.90 Å².